The van der Waals surface area contributed by atoms with Gasteiger partial charge in [-0.25, -0.2) is 9.78 Å². The summed E-state index contributed by atoms with van der Waals surface area (Å²) in [5.74, 6) is 0.495. The number of hydrogen-bond donors (Lipinski definition) is 0. The summed E-state index contributed by atoms with van der Waals surface area (Å²) in [7, 11) is 3.40. The predicted octanol–water partition coefficient (Wildman–Crippen LogP) is 3.88. The average Bonchev–Trinajstić information content (AvgIpc) is 3.13. The van der Waals surface area contributed by atoms with E-state index in [1.54, 1.807) is 35.6 Å². The summed E-state index contributed by atoms with van der Waals surface area (Å²) in [6.45, 7) is 4.89. The average molecular weight is 497 g/mol. The molecule has 1 fully saturated rings. The first kappa shape index (κ1) is 23.2. The molecule has 6 rings (SSSR count). The zero-order valence-electron chi connectivity index (χ0n) is 21.1. The smallest absolute Gasteiger partial charge is 0.333 e. The summed E-state index contributed by atoms with van der Waals surface area (Å²) in [5, 5.41) is 0.891. The molecule has 9 nitrogen and oxygen atoms in total. The minimum Gasteiger partial charge on any atom is -0.475 e. The number of hydrogen-bond acceptors (Lipinski definition) is 7. The fourth-order valence-electron chi connectivity index (χ4n) is 4.81. The predicted molar refractivity (Wildman–Crippen MR) is 144 cm³/mol. The van der Waals surface area contributed by atoms with Crippen LogP contribution in [-0.4, -0.2) is 57.5 Å². The molecule has 1 saturated heterocycles. The molecule has 1 aromatic carbocycles. The first-order valence-electron chi connectivity index (χ1n) is 12.4. The van der Waals surface area contributed by atoms with E-state index in [2.05, 4.69) is 38.1 Å². The molecular formula is C28H28N6O3. The zero-order valence-corrected chi connectivity index (χ0v) is 21.1. The standard InChI is InChI=1S/C28H28N6O3/c1-18-24(7-8-26(31-18)37-12-11-36-3)34-27-22-14-19(20-13-21(16-29-15-20)33-9-4-10-33)5-6-23(22)30-17-25(27)32(2)28(34)35/h5-8,13-17H,4,9-12H2,1-3H3. The van der Waals surface area contributed by atoms with Crippen LogP contribution in [0.4, 0.5) is 5.69 Å². The van der Waals surface area contributed by atoms with Gasteiger partial charge in [0.25, 0.3) is 0 Å². The molecule has 37 heavy (non-hydrogen) atoms. The third kappa shape index (κ3) is 4.01. The van der Waals surface area contributed by atoms with Crippen molar-refractivity contribution in [2.24, 2.45) is 7.05 Å². The van der Waals surface area contributed by atoms with Gasteiger partial charge < -0.3 is 14.4 Å². The summed E-state index contributed by atoms with van der Waals surface area (Å²) in [5.41, 5.74) is 6.78. The molecule has 0 unspecified atom stereocenters. The van der Waals surface area contributed by atoms with Gasteiger partial charge in [0.15, 0.2) is 0 Å². The van der Waals surface area contributed by atoms with Crippen LogP contribution in [0.5, 0.6) is 5.88 Å². The highest BCUT2D eigenvalue weighted by molar-refractivity contribution is 6.04. The normalized spacial score (nSPS) is 13.3. The highest BCUT2D eigenvalue weighted by atomic mass is 16.5. The lowest BCUT2D eigenvalue weighted by Crippen LogP contribution is -2.36. The number of fused-ring (bicyclic) bond motifs is 3. The second-order valence-electron chi connectivity index (χ2n) is 9.27. The molecule has 0 amide bonds. The number of ether oxygens (including phenoxy) is 2. The Bertz CT molecular complexity index is 1690. The van der Waals surface area contributed by atoms with Crippen LogP contribution in [0.15, 0.2) is 59.8 Å². The van der Waals surface area contributed by atoms with Crippen LogP contribution in [0, 0.1) is 6.92 Å². The van der Waals surface area contributed by atoms with E-state index < -0.39 is 0 Å². The van der Waals surface area contributed by atoms with Gasteiger partial charge in [-0.2, -0.15) is 0 Å². The number of methoxy groups -OCH3 is 1. The maximum absolute atomic E-state index is 13.5. The minimum atomic E-state index is -0.158. The van der Waals surface area contributed by atoms with Gasteiger partial charge in [-0.05, 0) is 43.2 Å². The van der Waals surface area contributed by atoms with E-state index in [9.17, 15) is 4.79 Å². The van der Waals surface area contributed by atoms with Gasteiger partial charge in [0.05, 0.1) is 52.6 Å². The van der Waals surface area contributed by atoms with Gasteiger partial charge >= 0.3 is 5.69 Å². The Morgan fingerprint density at radius 2 is 1.86 bits per heavy atom. The van der Waals surface area contributed by atoms with E-state index >= 15 is 0 Å². The number of pyridine rings is 3. The van der Waals surface area contributed by atoms with Crippen LogP contribution in [0.1, 0.15) is 12.1 Å². The van der Waals surface area contributed by atoms with E-state index in [1.807, 2.05) is 31.5 Å². The lowest BCUT2D eigenvalue weighted by atomic mass is 10.0. The second-order valence-corrected chi connectivity index (χ2v) is 9.27. The Morgan fingerprint density at radius 1 is 1.00 bits per heavy atom. The molecule has 9 heteroatoms. The van der Waals surface area contributed by atoms with E-state index in [0.29, 0.717) is 30.5 Å². The fourth-order valence-corrected chi connectivity index (χ4v) is 4.81. The van der Waals surface area contributed by atoms with Crippen LogP contribution in [0.25, 0.3) is 38.8 Å². The number of anilines is 1. The molecule has 0 aliphatic carbocycles. The van der Waals surface area contributed by atoms with Crippen molar-refractivity contribution >= 4 is 27.6 Å². The summed E-state index contributed by atoms with van der Waals surface area (Å²) < 4.78 is 14.1. The van der Waals surface area contributed by atoms with Crippen molar-refractivity contribution in [2.45, 2.75) is 13.3 Å². The van der Waals surface area contributed by atoms with Crippen LogP contribution in [-0.2, 0) is 11.8 Å². The quantitative estimate of drug-likeness (QED) is 0.316. The molecule has 5 aromatic rings. The van der Waals surface area contributed by atoms with E-state index in [4.69, 9.17) is 9.47 Å². The minimum absolute atomic E-state index is 0.158. The lowest BCUT2D eigenvalue weighted by Gasteiger charge is -2.33. The highest BCUT2D eigenvalue weighted by Gasteiger charge is 2.19. The maximum Gasteiger partial charge on any atom is 0.333 e. The first-order chi connectivity index (χ1) is 18.0. The Morgan fingerprint density at radius 3 is 2.62 bits per heavy atom. The summed E-state index contributed by atoms with van der Waals surface area (Å²) in [6, 6.07) is 12.0. The van der Waals surface area contributed by atoms with Crippen molar-refractivity contribution in [2.75, 3.05) is 38.3 Å². The number of nitrogens with zero attached hydrogens (tertiary/aromatic N) is 6. The van der Waals surface area contributed by atoms with Crippen LogP contribution >= 0.6 is 0 Å². The Hall–Kier alpha value is -4.24. The Kier molecular flexibility index (Phi) is 5.84. The Balaban J connectivity index is 1.51. The van der Waals surface area contributed by atoms with E-state index in [1.165, 1.54) is 6.42 Å². The molecule has 0 spiro atoms. The highest BCUT2D eigenvalue weighted by Crippen LogP contribution is 2.32. The van der Waals surface area contributed by atoms with Gasteiger partial charge in [-0.3, -0.25) is 19.1 Å². The third-order valence-corrected chi connectivity index (χ3v) is 6.97. The fraction of sp³-hybridized carbons (Fsp3) is 0.286. The molecular weight excluding hydrogens is 468 g/mol. The molecule has 0 N–H and O–H groups in total. The summed E-state index contributed by atoms with van der Waals surface area (Å²) in [4.78, 5) is 29.6. The van der Waals surface area contributed by atoms with Crippen LogP contribution in [0.2, 0.25) is 0 Å². The zero-order chi connectivity index (χ0) is 25.5. The van der Waals surface area contributed by atoms with Crippen molar-refractivity contribution in [3.8, 4) is 22.7 Å². The largest absolute Gasteiger partial charge is 0.475 e. The van der Waals surface area contributed by atoms with Gasteiger partial charge in [-0.1, -0.05) is 6.07 Å². The monoisotopic (exact) mass is 496 g/mol. The van der Waals surface area contributed by atoms with Crippen molar-refractivity contribution in [1.29, 1.82) is 0 Å². The van der Waals surface area contributed by atoms with Crippen LogP contribution < -0.4 is 15.3 Å². The first-order valence-corrected chi connectivity index (χ1v) is 12.4. The molecule has 188 valence electrons. The van der Waals surface area contributed by atoms with E-state index in [0.717, 1.165) is 51.8 Å². The SMILES string of the molecule is COCCOc1ccc(-n2c(=O)n(C)c3cnc4ccc(-c5cncc(N6CCC6)c5)cc4c32)c(C)n1. The number of benzene rings is 1. The van der Waals surface area contributed by atoms with Gasteiger partial charge in [0.1, 0.15) is 6.61 Å². The molecule has 5 heterocycles. The molecule has 0 atom stereocenters. The summed E-state index contributed by atoms with van der Waals surface area (Å²) >= 11 is 0. The van der Waals surface area contributed by atoms with Gasteiger partial charge in [0.2, 0.25) is 5.88 Å². The topological polar surface area (TPSA) is 87.3 Å². The third-order valence-electron chi connectivity index (χ3n) is 6.97. The van der Waals surface area contributed by atoms with Gasteiger partial charge in [-0.15, -0.1) is 0 Å². The molecule has 0 radical (unpaired) electrons. The number of aromatic nitrogens is 5. The molecule has 1 aliphatic heterocycles. The maximum atomic E-state index is 13.5. The molecule has 0 bridgehead atoms. The van der Waals surface area contributed by atoms with Crippen molar-refractivity contribution in [1.82, 2.24) is 24.1 Å². The number of imidazole rings is 1. The summed E-state index contributed by atoms with van der Waals surface area (Å²) in [6.07, 6.45) is 6.76. The lowest BCUT2D eigenvalue weighted by molar-refractivity contribution is 0.143. The Labute approximate surface area is 213 Å². The number of rotatable bonds is 7. The number of aryl methyl sites for hydroxylation is 2. The second kappa shape index (κ2) is 9.33. The van der Waals surface area contributed by atoms with Gasteiger partial charge in [0, 0.05) is 50.5 Å². The molecule has 0 saturated carbocycles. The molecule has 4 aromatic heterocycles. The van der Waals surface area contributed by atoms with Crippen LogP contribution in [0.3, 0.4) is 0 Å². The van der Waals surface area contributed by atoms with Crippen molar-refractivity contribution < 1.29 is 9.47 Å². The van der Waals surface area contributed by atoms with Crippen molar-refractivity contribution in [3.63, 3.8) is 0 Å². The van der Waals surface area contributed by atoms with E-state index in [-0.39, 0.29) is 5.69 Å². The van der Waals surface area contributed by atoms with Crippen molar-refractivity contribution in [3.05, 3.63) is 71.2 Å². The molecule has 1 aliphatic rings.